The summed E-state index contributed by atoms with van der Waals surface area (Å²) in [6, 6.07) is 11.1. The first-order valence-electron chi connectivity index (χ1n) is 13.0. The molecule has 37 heavy (non-hydrogen) atoms. The van der Waals surface area contributed by atoms with Gasteiger partial charge in [-0.05, 0) is 68.0 Å². The lowest BCUT2D eigenvalue weighted by molar-refractivity contribution is -0.120. The molecule has 1 amide bonds. The molecule has 1 heterocycles. The van der Waals surface area contributed by atoms with E-state index < -0.39 is 23.8 Å². The van der Waals surface area contributed by atoms with Crippen LogP contribution in [0.1, 0.15) is 69.6 Å². The van der Waals surface area contributed by atoms with E-state index in [9.17, 15) is 18.7 Å². The van der Waals surface area contributed by atoms with E-state index in [2.05, 4.69) is 45.1 Å². The SMILES string of the molecule is CC(=O)NC(Cc1cc(F)cc(F)c1)C(O)CNC1(c2cccc(C3=C(C)N=NC3C)c2)CCCCC1. The van der Waals surface area contributed by atoms with Gasteiger partial charge in [0.2, 0.25) is 5.91 Å². The van der Waals surface area contributed by atoms with Crippen LogP contribution in [0.4, 0.5) is 8.78 Å². The molecule has 1 aliphatic carbocycles. The standard InChI is InChI=1S/C29H36F2N4O2/c1-18-28(19(2)35-34-18)22-8-7-9-23(15-22)29(10-5-4-6-11-29)32-17-27(37)26(33-20(3)36)14-21-12-24(30)16-25(31)13-21/h7-9,12-13,15-16,18,26-27,32,37H,4-6,10-11,14,17H2,1-3H3,(H,33,36). The third-order valence-corrected chi connectivity index (χ3v) is 7.50. The highest BCUT2D eigenvalue weighted by molar-refractivity contribution is 5.74. The van der Waals surface area contributed by atoms with Gasteiger partial charge < -0.3 is 15.7 Å². The Bertz CT molecular complexity index is 1170. The topological polar surface area (TPSA) is 86.1 Å². The average molecular weight is 511 g/mol. The van der Waals surface area contributed by atoms with Crippen molar-refractivity contribution in [3.63, 3.8) is 0 Å². The van der Waals surface area contributed by atoms with Crippen molar-refractivity contribution in [1.82, 2.24) is 10.6 Å². The summed E-state index contributed by atoms with van der Waals surface area (Å²) in [6.07, 6.45) is 4.27. The van der Waals surface area contributed by atoms with E-state index in [0.717, 1.165) is 60.6 Å². The first-order chi connectivity index (χ1) is 17.7. The minimum Gasteiger partial charge on any atom is -0.390 e. The van der Waals surface area contributed by atoms with Gasteiger partial charge in [-0.25, -0.2) is 8.78 Å². The van der Waals surface area contributed by atoms with Gasteiger partial charge in [-0.3, -0.25) is 4.79 Å². The average Bonchev–Trinajstić information content (AvgIpc) is 3.19. The zero-order chi connectivity index (χ0) is 26.6. The molecule has 0 aromatic heterocycles. The van der Waals surface area contributed by atoms with E-state index in [1.807, 2.05) is 13.8 Å². The van der Waals surface area contributed by atoms with Gasteiger partial charge in [0.15, 0.2) is 0 Å². The van der Waals surface area contributed by atoms with Crippen LogP contribution in [0, 0.1) is 11.6 Å². The largest absolute Gasteiger partial charge is 0.390 e. The van der Waals surface area contributed by atoms with E-state index in [1.165, 1.54) is 19.1 Å². The summed E-state index contributed by atoms with van der Waals surface area (Å²) in [5.41, 5.74) is 4.36. The number of nitrogens with one attached hydrogen (secondary N) is 2. The van der Waals surface area contributed by atoms with Crippen LogP contribution in [0.15, 0.2) is 58.4 Å². The number of nitrogens with zero attached hydrogens (tertiary/aromatic N) is 2. The van der Waals surface area contributed by atoms with Crippen LogP contribution in [0.5, 0.6) is 0 Å². The molecular formula is C29H36F2N4O2. The normalized spacial score (nSPS) is 20.6. The number of carbonyl (C=O) groups excluding carboxylic acids is 1. The van der Waals surface area contributed by atoms with E-state index >= 15 is 0 Å². The van der Waals surface area contributed by atoms with E-state index in [-0.39, 0.29) is 30.5 Å². The molecule has 2 aliphatic rings. The Morgan fingerprint density at radius 3 is 2.46 bits per heavy atom. The first-order valence-corrected chi connectivity index (χ1v) is 13.0. The third kappa shape index (κ3) is 6.48. The van der Waals surface area contributed by atoms with Crippen molar-refractivity contribution in [1.29, 1.82) is 0 Å². The van der Waals surface area contributed by atoms with Crippen molar-refractivity contribution in [2.75, 3.05) is 6.54 Å². The summed E-state index contributed by atoms with van der Waals surface area (Å²) in [6.45, 7) is 5.61. The highest BCUT2D eigenvalue weighted by atomic mass is 19.1. The minimum atomic E-state index is -0.963. The second-order valence-corrected chi connectivity index (χ2v) is 10.4. The molecule has 4 rings (SSSR count). The molecule has 6 nitrogen and oxygen atoms in total. The fourth-order valence-corrected chi connectivity index (χ4v) is 5.71. The Labute approximate surface area is 217 Å². The quantitative estimate of drug-likeness (QED) is 0.422. The van der Waals surface area contributed by atoms with Gasteiger partial charge in [0, 0.05) is 30.6 Å². The Morgan fingerprint density at radius 2 is 1.84 bits per heavy atom. The van der Waals surface area contributed by atoms with Crippen molar-refractivity contribution < 1.29 is 18.7 Å². The summed E-state index contributed by atoms with van der Waals surface area (Å²) in [4.78, 5) is 11.9. The summed E-state index contributed by atoms with van der Waals surface area (Å²) in [5, 5.41) is 26.1. The molecule has 3 atom stereocenters. The van der Waals surface area contributed by atoms with Crippen molar-refractivity contribution in [3.05, 3.63) is 76.5 Å². The van der Waals surface area contributed by atoms with Crippen molar-refractivity contribution in [3.8, 4) is 0 Å². The summed E-state index contributed by atoms with van der Waals surface area (Å²) >= 11 is 0. The Balaban J connectivity index is 1.55. The molecule has 2 aromatic rings. The van der Waals surface area contributed by atoms with Crippen LogP contribution in [0.25, 0.3) is 5.57 Å². The maximum Gasteiger partial charge on any atom is 0.217 e. The van der Waals surface area contributed by atoms with Gasteiger partial charge in [0.1, 0.15) is 11.6 Å². The van der Waals surface area contributed by atoms with Crippen molar-refractivity contribution >= 4 is 11.5 Å². The molecular weight excluding hydrogens is 474 g/mol. The van der Waals surface area contributed by atoms with Crippen LogP contribution >= 0.6 is 0 Å². The van der Waals surface area contributed by atoms with Crippen molar-refractivity contribution in [2.24, 2.45) is 10.2 Å². The molecule has 0 saturated heterocycles. The van der Waals surface area contributed by atoms with Gasteiger partial charge in [-0.15, -0.1) is 0 Å². The Hall–Kier alpha value is -2.97. The number of aliphatic hydroxyl groups is 1. The predicted molar refractivity (Wildman–Crippen MR) is 140 cm³/mol. The maximum atomic E-state index is 13.7. The van der Waals surface area contributed by atoms with Crippen LogP contribution in [-0.2, 0) is 16.8 Å². The number of aliphatic hydroxyl groups excluding tert-OH is 1. The summed E-state index contributed by atoms with van der Waals surface area (Å²) < 4.78 is 27.5. The number of hydrogen-bond donors (Lipinski definition) is 3. The molecule has 8 heteroatoms. The number of rotatable bonds is 9. The van der Waals surface area contributed by atoms with E-state index in [1.54, 1.807) is 0 Å². The van der Waals surface area contributed by atoms with Gasteiger partial charge in [-0.2, -0.15) is 10.2 Å². The third-order valence-electron chi connectivity index (χ3n) is 7.50. The number of carbonyl (C=O) groups is 1. The number of hydrogen-bond acceptors (Lipinski definition) is 5. The maximum absolute atomic E-state index is 13.7. The predicted octanol–water partition coefficient (Wildman–Crippen LogP) is 5.41. The van der Waals surface area contributed by atoms with Gasteiger partial charge >= 0.3 is 0 Å². The number of amides is 1. The summed E-state index contributed by atoms with van der Waals surface area (Å²) in [5.74, 6) is -1.69. The van der Waals surface area contributed by atoms with E-state index in [4.69, 9.17) is 0 Å². The van der Waals surface area contributed by atoms with Gasteiger partial charge in [0.05, 0.1) is 23.9 Å². The number of benzene rings is 2. The van der Waals surface area contributed by atoms with Crippen LogP contribution in [0.2, 0.25) is 0 Å². The summed E-state index contributed by atoms with van der Waals surface area (Å²) in [7, 11) is 0. The molecule has 2 aromatic carbocycles. The van der Waals surface area contributed by atoms with Crippen molar-refractivity contribution in [2.45, 2.75) is 83.0 Å². The fourth-order valence-electron chi connectivity index (χ4n) is 5.71. The molecule has 1 aliphatic heterocycles. The Kier molecular flexibility index (Phi) is 8.49. The van der Waals surface area contributed by atoms with Crippen LogP contribution < -0.4 is 10.6 Å². The number of azo groups is 1. The zero-order valence-electron chi connectivity index (χ0n) is 21.7. The highest BCUT2D eigenvalue weighted by Gasteiger charge is 2.35. The minimum absolute atomic E-state index is 0.0124. The van der Waals surface area contributed by atoms with Gasteiger partial charge in [-0.1, -0.05) is 37.5 Å². The first kappa shape index (κ1) is 27.1. The molecule has 0 spiro atoms. The lowest BCUT2D eigenvalue weighted by Crippen LogP contribution is -2.53. The second kappa shape index (κ2) is 11.6. The second-order valence-electron chi connectivity index (χ2n) is 10.4. The zero-order valence-corrected chi connectivity index (χ0v) is 21.7. The molecule has 1 fully saturated rings. The molecule has 198 valence electrons. The van der Waals surface area contributed by atoms with E-state index in [0.29, 0.717) is 5.56 Å². The molecule has 0 bridgehead atoms. The molecule has 0 radical (unpaired) electrons. The molecule has 1 saturated carbocycles. The number of halogens is 2. The number of allylic oxidation sites excluding steroid dienone is 1. The monoisotopic (exact) mass is 510 g/mol. The molecule has 3 N–H and O–H groups in total. The molecule has 3 unspecified atom stereocenters. The van der Waals surface area contributed by atoms with Gasteiger partial charge in [0.25, 0.3) is 0 Å². The van der Waals surface area contributed by atoms with Crippen LogP contribution in [-0.4, -0.2) is 35.7 Å². The fraction of sp³-hybridized carbons (Fsp3) is 0.483. The lowest BCUT2D eigenvalue weighted by Gasteiger charge is -2.40. The smallest absolute Gasteiger partial charge is 0.217 e. The highest BCUT2D eigenvalue weighted by Crippen LogP contribution is 2.39. The van der Waals surface area contributed by atoms with Crippen LogP contribution in [0.3, 0.4) is 0 Å². The lowest BCUT2D eigenvalue weighted by atomic mass is 9.75. The Morgan fingerprint density at radius 1 is 1.14 bits per heavy atom.